The first kappa shape index (κ1) is 19.0. The molecule has 4 aromatic rings. The maximum absolute atomic E-state index is 12.4. The van der Waals surface area contributed by atoms with Crippen LogP contribution in [0.2, 0.25) is 0 Å². The SMILES string of the molecule is Cn1c(=O)c2sccc2n2c(COc3ccc(S(N)(=O)=O)cc3[N+](=O)[O-])nnc12. The Bertz CT molecular complexity index is 1450. The van der Waals surface area contributed by atoms with Crippen molar-refractivity contribution in [3.05, 3.63) is 55.9 Å². The van der Waals surface area contributed by atoms with Crippen LogP contribution in [0.15, 0.2) is 39.3 Å². The Morgan fingerprint density at radius 2 is 2.07 bits per heavy atom. The lowest BCUT2D eigenvalue weighted by molar-refractivity contribution is -0.386. The molecular weight excluding hydrogens is 424 g/mol. The number of nitro benzene ring substituents is 1. The number of ether oxygens (including phenoxy) is 1. The minimum Gasteiger partial charge on any atom is -0.479 e. The highest BCUT2D eigenvalue weighted by Gasteiger charge is 2.22. The summed E-state index contributed by atoms with van der Waals surface area (Å²) in [6.07, 6.45) is 0. The average Bonchev–Trinajstić information content (AvgIpc) is 3.30. The van der Waals surface area contributed by atoms with Crippen LogP contribution in [-0.2, 0) is 23.7 Å². The average molecular weight is 436 g/mol. The third-order valence-electron chi connectivity index (χ3n) is 4.21. The van der Waals surface area contributed by atoms with Gasteiger partial charge in [0.25, 0.3) is 5.56 Å². The van der Waals surface area contributed by atoms with Gasteiger partial charge >= 0.3 is 5.69 Å². The summed E-state index contributed by atoms with van der Waals surface area (Å²) in [5.41, 5.74) is -0.175. The van der Waals surface area contributed by atoms with E-state index in [9.17, 15) is 23.3 Å². The number of nitrogens with two attached hydrogens (primary N) is 1. The zero-order valence-electron chi connectivity index (χ0n) is 14.7. The first-order valence-electron chi connectivity index (χ1n) is 7.92. The highest BCUT2D eigenvalue weighted by Crippen LogP contribution is 2.30. The van der Waals surface area contributed by atoms with E-state index < -0.39 is 25.5 Å². The van der Waals surface area contributed by atoms with E-state index >= 15 is 0 Å². The van der Waals surface area contributed by atoms with E-state index in [1.807, 2.05) is 0 Å². The number of benzene rings is 1. The maximum Gasteiger partial charge on any atom is 0.312 e. The van der Waals surface area contributed by atoms with Crippen LogP contribution in [0, 0.1) is 10.1 Å². The summed E-state index contributed by atoms with van der Waals surface area (Å²) in [6.45, 7) is -0.208. The molecule has 0 aliphatic rings. The van der Waals surface area contributed by atoms with Gasteiger partial charge in [0.1, 0.15) is 11.3 Å². The van der Waals surface area contributed by atoms with Crippen LogP contribution >= 0.6 is 11.3 Å². The van der Waals surface area contributed by atoms with Crippen LogP contribution in [0.3, 0.4) is 0 Å². The van der Waals surface area contributed by atoms with Crippen LogP contribution in [0.1, 0.15) is 5.82 Å². The molecule has 0 atom stereocenters. The number of aromatic nitrogens is 4. The highest BCUT2D eigenvalue weighted by molar-refractivity contribution is 7.89. The molecule has 3 aromatic heterocycles. The summed E-state index contributed by atoms with van der Waals surface area (Å²) in [6, 6.07) is 4.83. The highest BCUT2D eigenvalue weighted by atomic mass is 32.2. The van der Waals surface area contributed by atoms with E-state index in [1.165, 1.54) is 15.9 Å². The number of fused-ring (bicyclic) bond motifs is 3. The molecule has 12 nitrogen and oxygen atoms in total. The molecule has 29 heavy (non-hydrogen) atoms. The largest absolute Gasteiger partial charge is 0.479 e. The summed E-state index contributed by atoms with van der Waals surface area (Å²) >= 11 is 1.27. The number of aryl methyl sites for hydroxylation is 1. The summed E-state index contributed by atoms with van der Waals surface area (Å²) in [7, 11) is -2.54. The second-order valence-electron chi connectivity index (χ2n) is 5.97. The Balaban J connectivity index is 1.76. The number of nitro groups is 1. The molecule has 0 radical (unpaired) electrons. The molecule has 0 saturated heterocycles. The minimum atomic E-state index is -4.11. The van der Waals surface area contributed by atoms with Crippen molar-refractivity contribution in [1.29, 1.82) is 0 Å². The molecule has 0 amide bonds. The second-order valence-corrected chi connectivity index (χ2v) is 8.45. The van der Waals surface area contributed by atoms with Gasteiger partial charge in [-0.15, -0.1) is 21.5 Å². The van der Waals surface area contributed by atoms with Gasteiger partial charge in [-0.1, -0.05) is 0 Å². The second kappa shape index (κ2) is 6.61. The molecule has 2 N–H and O–H groups in total. The summed E-state index contributed by atoms with van der Waals surface area (Å²) in [4.78, 5) is 22.5. The summed E-state index contributed by atoms with van der Waals surface area (Å²) in [5.74, 6) is 0.438. The van der Waals surface area contributed by atoms with E-state index in [-0.39, 0.29) is 17.9 Å². The molecule has 0 aliphatic heterocycles. The van der Waals surface area contributed by atoms with Crippen molar-refractivity contribution in [2.24, 2.45) is 12.2 Å². The molecule has 0 fully saturated rings. The predicted octanol–water partition coefficient (Wildman–Crippen LogP) is 0.777. The van der Waals surface area contributed by atoms with Crippen molar-refractivity contribution in [2.45, 2.75) is 11.5 Å². The Morgan fingerprint density at radius 3 is 2.76 bits per heavy atom. The lowest BCUT2D eigenvalue weighted by Crippen LogP contribution is -2.19. The van der Waals surface area contributed by atoms with Crippen molar-refractivity contribution in [3.63, 3.8) is 0 Å². The molecule has 150 valence electrons. The van der Waals surface area contributed by atoms with Crippen LogP contribution in [-0.4, -0.2) is 32.5 Å². The standard InChI is InChI=1S/C15H12N6O6S2/c1-19-14(22)13-9(4-5-28-13)20-12(17-18-15(19)20)7-27-11-3-2-8(29(16,25)26)6-10(11)21(23)24/h2-6H,7H2,1H3,(H2,16,25,26). The van der Waals surface area contributed by atoms with E-state index in [0.717, 1.165) is 18.2 Å². The van der Waals surface area contributed by atoms with E-state index in [2.05, 4.69) is 10.2 Å². The van der Waals surface area contributed by atoms with Gasteiger partial charge in [-0.3, -0.25) is 23.9 Å². The Hall–Kier alpha value is -3.36. The van der Waals surface area contributed by atoms with Crippen molar-refractivity contribution in [1.82, 2.24) is 19.2 Å². The monoisotopic (exact) mass is 436 g/mol. The summed E-state index contributed by atoms with van der Waals surface area (Å²) < 4.78 is 31.9. The van der Waals surface area contributed by atoms with Gasteiger partial charge in [-0.05, 0) is 23.6 Å². The van der Waals surface area contributed by atoms with Gasteiger partial charge in [0, 0.05) is 13.1 Å². The first-order chi connectivity index (χ1) is 13.7. The van der Waals surface area contributed by atoms with Gasteiger partial charge in [0.15, 0.2) is 11.6 Å². The van der Waals surface area contributed by atoms with Crippen LogP contribution < -0.4 is 15.4 Å². The molecule has 1 aromatic carbocycles. The lowest BCUT2D eigenvalue weighted by Gasteiger charge is -2.08. The third kappa shape index (κ3) is 3.12. The third-order valence-corrected chi connectivity index (χ3v) is 6.01. The molecular formula is C15H12N6O6S2. The number of hydrogen-bond donors (Lipinski definition) is 1. The topological polar surface area (TPSA) is 165 Å². The van der Waals surface area contributed by atoms with Crippen LogP contribution in [0.5, 0.6) is 5.75 Å². The smallest absolute Gasteiger partial charge is 0.312 e. The Kier molecular flexibility index (Phi) is 4.33. The van der Waals surface area contributed by atoms with Crippen LogP contribution in [0.4, 0.5) is 5.69 Å². The predicted molar refractivity (Wildman–Crippen MR) is 102 cm³/mol. The fourth-order valence-electron chi connectivity index (χ4n) is 2.83. The van der Waals surface area contributed by atoms with Gasteiger partial charge < -0.3 is 4.74 Å². The molecule has 14 heteroatoms. The summed E-state index contributed by atoms with van der Waals surface area (Å²) in [5, 5.41) is 26.1. The van der Waals surface area contributed by atoms with Crippen molar-refractivity contribution in [2.75, 3.05) is 0 Å². The number of primary sulfonamides is 1. The molecule has 0 unspecified atom stereocenters. The Morgan fingerprint density at radius 1 is 1.31 bits per heavy atom. The van der Waals surface area contributed by atoms with Crippen molar-refractivity contribution >= 4 is 43.0 Å². The zero-order chi connectivity index (χ0) is 20.9. The molecule has 3 heterocycles. The number of rotatable bonds is 5. The number of nitrogens with zero attached hydrogens (tertiary/aromatic N) is 5. The quantitative estimate of drug-likeness (QED) is 0.354. The van der Waals surface area contributed by atoms with E-state index in [0.29, 0.717) is 21.8 Å². The van der Waals surface area contributed by atoms with Gasteiger partial charge in [-0.25, -0.2) is 13.6 Å². The number of sulfonamides is 1. The number of thiophene rings is 1. The lowest BCUT2D eigenvalue weighted by atomic mass is 10.3. The Labute approximate surface area is 166 Å². The first-order valence-corrected chi connectivity index (χ1v) is 10.4. The fraction of sp³-hybridized carbons (Fsp3) is 0.133. The van der Waals surface area contributed by atoms with Crippen LogP contribution in [0.25, 0.3) is 16.0 Å². The fourth-order valence-corrected chi connectivity index (χ4v) is 4.21. The van der Waals surface area contributed by atoms with Crippen molar-refractivity contribution < 1.29 is 18.1 Å². The normalized spacial score (nSPS) is 11.9. The zero-order valence-corrected chi connectivity index (χ0v) is 16.3. The molecule has 0 aliphatic carbocycles. The number of hydrogen-bond acceptors (Lipinski definition) is 9. The molecule has 0 bridgehead atoms. The minimum absolute atomic E-state index is 0.162. The van der Waals surface area contributed by atoms with Gasteiger partial charge in [-0.2, -0.15) is 0 Å². The van der Waals surface area contributed by atoms with Crippen molar-refractivity contribution in [3.8, 4) is 5.75 Å². The maximum atomic E-state index is 12.4. The molecule has 4 rings (SSSR count). The van der Waals surface area contributed by atoms with E-state index in [1.54, 1.807) is 22.9 Å². The van der Waals surface area contributed by atoms with E-state index in [4.69, 9.17) is 9.88 Å². The molecule has 0 spiro atoms. The molecule has 0 saturated carbocycles. The van der Waals surface area contributed by atoms with Gasteiger partial charge in [0.2, 0.25) is 15.8 Å². The van der Waals surface area contributed by atoms with Gasteiger partial charge in [0.05, 0.1) is 15.3 Å².